The first-order chi connectivity index (χ1) is 14.1. The Kier molecular flexibility index (Phi) is 10.6. The van der Waals surface area contributed by atoms with Crippen LogP contribution in [0.3, 0.4) is 0 Å². The van der Waals surface area contributed by atoms with E-state index in [0.29, 0.717) is 6.42 Å². The summed E-state index contributed by atoms with van der Waals surface area (Å²) in [6.07, 6.45) is 16.5. The summed E-state index contributed by atoms with van der Waals surface area (Å²) in [6.45, 7) is 6.75. The van der Waals surface area contributed by atoms with Crippen molar-refractivity contribution in [2.45, 2.75) is 91.4 Å². The van der Waals surface area contributed by atoms with Crippen LogP contribution < -0.4 is 0 Å². The third kappa shape index (κ3) is 8.47. The Labute approximate surface area is 177 Å². The van der Waals surface area contributed by atoms with E-state index in [9.17, 15) is 4.79 Å². The number of carbonyl (C=O) groups excluding carboxylic acids is 1. The van der Waals surface area contributed by atoms with Crippen molar-refractivity contribution in [3.63, 3.8) is 0 Å². The van der Waals surface area contributed by atoms with E-state index in [0.717, 1.165) is 42.1 Å². The van der Waals surface area contributed by atoms with Gasteiger partial charge >= 0.3 is 0 Å². The molecule has 0 aliphatic rings. The van der Waals surface area contributed by atoms with Gasteiger partial charge in [0.25, 0.3) is 0 Å². The zero-order valence-corrected chi connectivity index (χ0v) is 18.6. The number of carbonyl (C=O) groups is 1. The number of rotatable bonds is 14. The number of aryl methyl sites for hydroxylation is 1. The van der Waals surface area contributed by atoms with Gasteiger partial charge in [-0.3, -0.25) is 4.79 Å². The number of hydrogen-bond donors (Lipinski definition) is 0. The summed E-state index contributed by atoms with van der Waals surface area (Å²) < 4.78 is 0. The highest BCUT2D eigenvalue weighted by Crippen LogP contribution is 2.18. The first kappa shape index (κ1) is 23.3. The zero-order valence-electron chi connectivity index (χ0n) is 18.6. The van der Waals surface area contributed by atoms with Gasteiger partial charge in [0.2, 0.25) is 0 Å². The first-order valence-corrected chi connectivity index (χ1v) is 11.6. The normalized spacial score (nSPS) is 12.1. The summed E-state index contributed by atoms with van der Waals surface area (Å²) in [5, 5.41) is 0. The molecule has 0 radical (unpaired) electrons. The summed E-state index contributed by atoms with van der Waals surface area (Å²) >= 11 is 0. The number of Topliss-reactive ketones (excluding diaryl/α,β-unsaturated/α-hetero) is 1. The van der Waals surface area contributed by atoms with E-state index in [1.807, 2.05) is 36.7 Å². The molecule has 0 saturated heterocycles. The second kappa shape index (κ2) is 13.2. The third-order valence-corrected chi connectivity index (χ3v) is 5.79. The molecule has 29 heavy (non-hydrogen) atoms. The molecule has 1 atom stereocenters. The molecule has 1 aromatic heterocycles. The smallest absolute Gasteiger partial charge is 0.162 e. The average molecular weight is 395 g/mol. The van der Waals surface area contributed by atoms with Crippen LogP contribution in [0, 0.1) is 5.92 Å². The highest BCUT2D eigenvalue weighted by molar-refractivity contribution is 5.96. The molecule has 2 aromatic rings. The first-order valence-electron chi connectivity index (χ1n) is 11.6. The van der Waals surface area contributed by atoms with E-state index in [2.05, 4.69) is 30.7 Å². The number of ketones is 1. The van der Waals surface area contributed by atoms with Crippen molar-refractivity contribution < 1.29 is 4.79 Å². The maximum Gasteiger partial charge on any atom is 0.162 e. The van der Waals surface area contributed by atoms with Crippen LogP contribution in [0.4, 0.5) is 0 Å². The molecule has 1 aromatic carbocycles. The number of aromatic nitrogens is 2. The molecule has 0 amide bonds. The molecule has 0 fully saturated rings. The molecular weight excluding hydrogens is 356 g/mol. The fourth-order valence-corrected chi connectivity index (χ4v) is 3.50. The molecule has 0 saturated carbocycles. The summed E-state index contributed by atoms with van der Waals surface area (Å²) in [7, 11) is 0. The van der Waals surface area contributed by atoms with Gasteiger partial charge in [0, 0.05) is 29.9 Å². The van der Waals surface area contributed by atoms with Gasteiger partial charge in [0.05, 0.1) is 0 Å². The molecule has 0 aliphatic heterocycles. The Bertz CT molecular complexity index is 706. The number of unbranched alkanes of at least 4 members (excludes halogenated alkanes) is 5. The lowest BCUT2D eigenvalue weighted by molar-refractivity contribution is 0.0978. The Morgan fingerprint density at radius 1 is 0.897 bits per heavy atom. The summed E-state index contributed by atoms with van der Waals surface area (Å²) in [6, 6.07) is 7.76. The van der Waals surface area contributed by atoms with Crippen LogP contribution in [0.25, 0.3) is 11.4 Å². The Morgan fingerprint density at radius 3 is 2.24 bits per heavy atom. The minimum Gasteiger partial charge on any atom is -0.294 e. The molecule has 1 unspecified atom stereocenters. The van der Waals surface area contributed by atoms with E-state index in [1.54, 1.807) is 0 Å². The van der Waals surface area contributed by atoms with Crippen LogP contribution >= 0.6 is 0 Å². The van der Waals surface area contributed by atoms with E-state index >= 15 is 0 Å². The summed E-state index contributed by atoms with van der Waals surface area (Å²) in [5.41, 5.74) is 2.96. The van der Waals surface area contributed by atoms with Gasteiger partial charge < -0.3 is 0 Å². The summed E-state index contributed by atoms with van der Waals surface area (Å²) in [5.74, 6) is 1.73. The lowest BCUT2D eigenvalue weighted by Crippen LogP contribution is -2.00. The number of benzene rings is 1. The quantitative estimate of drug-likeness (QED) is 0.247. The van der Waals surface area contributed by atoms with Gasteiger partial charge in [-0.05, 0) is 30.7 Å². The van der Waals surface area contributed by atoms with E-state index in [-0.39, 0.29) is 5.78 Å². The number of nitrogens with zero attached hydrogens (tertiary/aromatic N) is 2. The van der Waals surface area contributed by atoms with Crippen molar-refractivity contribution in [3.05, 3.63) is 47.8 Å². The predicted octanol–water partition coefficient (Wildman–Crippen LogP) is 7.45. The molecule has 1 heterocycles. The van der Waals surface area contributed by atoms with Crippen molar-refractivity contribution in [2.24, 2.45) is 5.92 Å². The molecule has 0 aliphatic carbocycles. The molecule has 0 spiro atoms. The van der Waals surface area contributed by atoms with Gasteiger partial charge in [0.15, 0.2) is 11.6 Å². The SMILES string of the molecule is CCCCCCCc1cnc(-c2ccc(C(=O)CCCCC(C)CC)cc2)nc1. The van der Waals surface area contributed by atoms with Crippen LogP contribution in [0.15, 0.2) is 36.7 Å². The highest BCUT2D eigenvalue weighted by atomic mass is 16.1. The Morgan fingerprint density at radius 2 is 1.59 bits per heavy atom. The van der Waals surface area contributed by atoms with Crippen molar-refractivity contribution in [1.82, 2.24) is 9.97 Å². The lowest BCUT2D eigenvalue weighted by Gasteiger charge is -2.07. The van der Waals surface area contributed by atoms with Crippen molar-refractivity contribution in [3.8, 4) is 11.4 Å². The van der Waals surface area contributed by atoms with Crippen molar-refractivity contribution >= 4 is 5.78 Å². The average Bonchev–Trinajstić information content (AvgIpc) is 2.76. The van der Waals surface area contributed by atoms with E-state index in [1.165, 1.54) is 50.5 Å². The fraction of sp³-hybridized carbons (Fsp3) is 0.577. The third-order valence-electron chi connectivity index (χ3n) is 5.79. The zero-order chi connectivity index (χ0) is 20.9. The monoisotopic (exact) mass is 394 g/mol. The standard InChI is InChI=1S/C26H38N2O/c1-4-6-7-8-9-13-22-19-27-26(28-20-22)24-17-15-23(16-18-24)25(29)14-11-10-12-21(3)5-2/h15-21H,4-14H2,1-3H3. The van der Waals surface area contributed by atoms with Crippen molar-refractivity contribution in [1.29, 1.82) is 0 Å². The maximum atomic E-state index is 12.4. The molecule has 158 valence electrons. The predicted molar refractivity (Wildman–Crippen MR) is 122 cm³/mol. The second-order valence-electron chi connectivity index (χ2n) is 8.34. The topological polar surface area (TPSA) is 42.9 Å². The van der Waals surface area contributed by atoms with Crippen LogP contribution in [0.2, 0.25) is 0 Å². The van der Waals surface area contributed by atoms with Gasteiger partial charge in [0.1, 0.15) is 0 Å². The molecule has 0 N–H and O–H groups in total. The molecular formula is C26H38N2O. The molecule has 3 nitrogen and oxygen atoms in total. The number of hydrogen-bond acceptors (Lipinski definition) is 3. The minimum absolute atomic E-state index is 0.236. The van der Waals surface area contributed by atoms with Crippen LogP contribution in [-0.2, 0) is 6.42 Å². The van der Waals surface area contributed by atoms with Crippen LogP contribution in [-0.4, -0.2) is 15.8 Å². The largest absolute Gasteiger partial charge is 0.294 e. The van der Waals surface area contributed by atoms with Crippen molar-refractivity contribution in [2.75, 3.05) is 0 Å². The van der Waals surface area contributed by atoms with Gasteiger partial charge in [-0.2, -0.15) is 0 Å². The van der Waals surface area contributed by atoms with Gasteiger partial charge in [-0.15, -0.1) is 0 Å². The van der Waals surface area contributed by atoms with Gasteiger partial charge in [-0.1, -0.05) is 90.0 Å². The van der Waals surface area contributed by atoms with Crippen LogP contribution in [0.1, 0.15) is 101 Å². The fourth-order valence-electron chi connectivity index (χ4n) is 3.50. The summed E-state index contributed by atoms with van der Waals surface area (Å²) in [4.78, 5) is 21.4. The lowest BCUT2D eigenvalue weighted by atomic mass is 9.98. The molecule has 0 bridgehead atoms. The maximum absolute atomic E-state index is 12.4. The Balaban J connectivity index is 1.80. The molecule has 2 rings (SSSR count). The van der Waals surface area contributed by atoms with Gasteiger partial charge in [-0.25, -0.2) is 9.97 Å². The molecule has 3 heteroatoms. The second-order valence-corrected chi connectivity index (χ2v) is 8.34. The van der Waals surface area contributed by atoms with Crippen LogP contribution in [0.5, 0.6) is 0 Å². The minimum atomic E-state index is 0.236. The Hall–Kier alpha value is -2.03. The van der Waals surface area contributed by atoms with E-state index in [4.69, 9.17) is 0 Å². The van der Waals surface area contributed by atoms with E-state index < -0.39 is 0 Å². The highest BCUT2D eigenvalue weighted by Gasteiger charge is 2.08.